The second-order valence-electron chi connectivity index (χ2n) is 4.08. The molecule has 0 spiro atoms. The summed E-state index contributed by atoms with van der Waals surface area (Å²) in [7, 11) is 0. The third-order valence-electron chi connectivity index (χ3n) is 2.74. The summed E-state index contributed by atoms with van der Waals surface area (Å²) in [4.78, 5) is 20.2. The Labute approximate surface area is 104 Å². The zero-order valence-electron chi connectivity index (χ0n) is 10.0. The summed E-state index contributed by atoms with van der Waals surface area (Å²) < 4.78 is 0. The highest BCUT2D eigenvalue weighted by Gasteiger charge is 2.28. The lowest BCUT2D eigenvalue weighted by Gasteiger charge is -2.16. The molecule has 2 heterocycles. The summed E-state index contributed by atoms with van der Waals surface area (Å²) in [5.41, 5.74) is -0.134. The first-order valence-corrected chi connectivity index (χ1v) is 5.80. The number of aliphatic hydroxyl groups is 1. The maximum Gasteiger partial charge on any atom is 0.329 e. The molecule has 98 valence electrons. The molecule has 1 unspecified atom stereocenters. The Morgan fingerprint density at radius 3 is 3.06 bits per heavy atom. The second kappa shape index (κ2) is 5.13. The average molecular weight is 253 g/mol. The number of aliphatic hydroxyl groups excluding tert-OH is 1. The van der Waals surface area contributed by atoms with Gasteiger partial charge in [0.1, 0.15) is 6.20 Å². The number of anilines is 2. The van der Waals surface area contributed by atoms with Crippen molar-refractivity contribution in [3.8, 4) is 0 Å². The number of hydrogen-bond acceptors (Lipinski definition) is 7. The Morgan fingerprint density at radius 1 is 1.72 bits per heavy atom. The first-order valence-electron chi connectivity index (χ1n) is 5.80. The van der Waals surface area contributed by atoms with Crippen molar-refractivity contribution in [2.75, 3.05) is 29.9 Å². The van der Waals surface area contributed by atoms with Crippen LogP contribution in [-0.4, -0.2) is 45.7 Å². The van der Waals surface area contributed by atoms with Gasteiger partial charge in [0.15, 0.2) is 0 Å². The van der Waals surface area contributed by atoms with Crippen molar-refractivity contribution in [1.29, 1.82) is 0 Å². The van der Waals surface area contributed by atoms with E-state index in [9.17, 15) is 15.2 Å². The Morgan fingerprint density at radius 2 is 2.50 bits per heavy atom. The van der Waals surface area contributed by atoms with Gasteiger partial charge in [-0.05, 0) is 13.3 Å². The monoisotopic (exact) mass is 253 g/mol. The fourth-order valence-corrected chi connectivity index (χ4v) is 1.91. The SMILES string of the molecule is CCNc1ncc([N+](=O)[O-])c(N2CCC(O)C2)n1. The van der Waals surface area contributed by atoms with Crippen LogP contribution in [0.15, 0.2) is 6.20 Å². The van der Waals surface area contributed by atoms with Crippen molar-refractivity contribution >= 4 is 17.5 Å². The van der Waals surface area contributed by atoms with E-state index in [1.807, 2.05) is 6.92 Å². The maximum absolute atomic E-state index is 10.9. The average Bonchev–Trinajstić information content (AvgIpc) is 2.76. The van der Waals surface area contributed by atoms with Crippen molar-refractivity contribution in [1.82, 2.24) is 9.97 Å². The Hall–Kier alpha value is -1.96. The van der Waals surface area contributed by atoms with Gasteiger partial charge in [0.25, 0.3) is 0 Å². The van der Waals surface area contributed by atoms with Crippen LogP contribution in [0.4, 0.5) is 17.5 Å². The summed E-state index contributed by atoms with van der Waals surface area (Å²) in [6, 6.07) is 0. The first-order chi connectivity index (χ1) is 8.61. The van der Waals surface area contributed by atoms with Crippen LogP contribution in [0.3, 0.4) is 0 Å². The molecule has 1 saturated heterocycles. The van der Waals surface area contributed by atoms with Gasteiger partial charge in [0, 0.05) is 19.6 Å². The molecule has 1 atom stereocenters. The third-order valence-corrected chi connectivity index (χ3v) is 2.74. The predicted molar refractivity (Wildman–Crippen MR) is 65.7 cm³/mol. The van der Waals surface area contributed by atoms with Gasteiger partial charge in [-0.3, -0.25) is 10.1 Å². The lowest BCUT2D eigenvalue weighted by molar-refractivity contribution is -0.384. The Kier molecular flexibility index (Phi) is 3.56. The maximum atomic E-state index is 10.9. The fourth-order valence-electron chi connectivity index (χ4n) is 1.91. The minimum Gasteiger partial charge on any atom is -0.391 e. The van der Waals surface area contributed by atoms with Crippen molar-refractivity contribution < 1.29 is 10.0 Å². The van der Waals surface area contributed by atoms with Gasteiger partial charge in [-0.1, -0.05) is 0 Å². The first kappa shape index (κ1) is 12.5. The standard InChI is InChI=1S/C10H15N5O3/c1-2-11-10-12-5-8(15(17)18)9(13-10)14-4-3-7(16)6-14/h5,7,16H,2-4,6H2,1H3,(H,11,12,13). The Bertz CT molecular complexity index is 453. The number of nitrogens with zero attached hydrogens (tertiary/aromatic N) is 4. The van der Waals surface area contributed by atoms with Crippen LogP contribution in [0, 0.1) is 10.1 Å². The van der Waals surface area contributed by atoms with Gasteiger partial charge >= 0.3 is 5.69 Å². The van der Waals surface area contributed by atoms with E-state index in [4.69, 9.17) is 0 Å². The van der Waals surface area contributed by atoms with E-state index in [1.165, 1.54) is 6.20 Å². The topological polar surface area (TPSA) is 104 Å². The molecule has 8 nitrogen and oxygen atoms in total. The molecule has 1 aliphatic heterocycles. The molecule has 0 aliphatic carbocycles. The molecule has 0 aromatic carbocycles. The molecule has 8 heteroatoms. The van der Waals surface area contributed by atoms with Crippen LogP contribution in [-0.2, 0) is 0 Å². The number of rotatable bonds is 4. The molecule has 0 radical (unpaired) electrons. The molecule has 0 saturated carbocycles. The van der Waals surface area contributed by atoms with Gasteiger partial charge in [0.2, 0.25) is 11.8 Å². The zero-order chi connectivity index (χ0) is 13.1. The molecular weight excluding hydrogens is 238 g/mol. The van der Waals surface area contributed by atoms with E-state index in [0.717, 1.165) is 0 Å². The second-order valence-corrected chi connectivity index (χ2v) is 4.08. The lowest BCUT2D eigenvalue weighted by atomic mass is 10.3. The number of nitrogens with one attached hydrogen (secondary N) is 1. The molecule has 1 aliphatic rings. The van der Waals surface area contributed by atoms with Crippen LogP contribution in [0.5, 0.6) is 0 Å². The van der Waals surface area contributed by atoms with Crippen molar-refractivity contribution in [3.63, 3.8) is 0 Å². The molecule has 1 fully saturated rings. The van der Waals surface area contributed by atoms with Gasteiger partial charge < -0.3 is 15.3 Å². The van der Waals surface area contributed by atoms with E-state index in [1.54, 1.807) is 4.90 Å². The number of aromatic nitrogens is 2. The molecule has 1 aromatic rings. The third kappa shape index (κ3) is 2.48. The van der Waals surface area contributed by atoms with Crippen LogP contribution in [0.1, 0.15) is 13.3 Å². The van der Waals surface area contributed by atoms with Gasteiger partial charge in [-0.2, -0.15) is 4.98 Å². The van der Waals surface area contributed by atoms with Crippen LogP contribution < -0.4 is 10.2 Å². The van der Waals surface area contributed by atoms with Gasteiger partial charge in [0.05, 0.1) is 11.0 Å². The fraction of sp³-hybridized carbons (Fsp3) is 0.600. The molecule has 1 aromatic heterocycles. The number of β-amino-alcohol motifs (C(OH)–C–C–N with tert-alkyl or cyclic N) is 1. The quantitative estimate of drug-likeness (QED) is 0.590. The number of hydrogen-bond donors (Lipinski definition) is 2. The summed E-state index contributed by atoms with van der Waals surface area (Å²) >= 11 is 0. The van der Waals surface area contributed by atoms with Crippen molar-refractivity contribution in [2.24, 2.45) is 0 Å². The highest BCUT2D eigenvalue weighted by molar-refractivity contribution is 5.59. The number of nitro groups is 1. The van der Waals surface area contributed by atoms with Crippen LogP contribution >= 0.6 is 0 Å². The van der Waals surface area contributed by atoms with E-state index in [2.05, 4.69) is 15.3 Å². The van der Waals surface area contributed by atoms with Crippen molar-refractivity contribution in [3.05, 3.63) is 16.3 Å². The minimum atomic E-state index is -0.504. The molecule has 2 N–H and O–H groups in total. The molecular formula is C10H15N5O3. The normalized spacial score (nSPS) is 19.0. The van der Waals surface area contributed by atoms with Crippen LogP contribution in [0.2, 0.25) is 0 Å². The molecule has 0 amide bonds. The predicted octanol–water partition coefficient (Wildman–Crippen LogP) is 0.388. The van der Waals surface area contributed by atoms with E-state index >= 15 is 0 Å². The Balaban J connectivity index is 2.34. The smallest absolute Gasteiger partial charge is 0.329 e. The molecule has 18 heavy (non-hydrogen) atoms. The summed E-state index contributed by atoms with van der Waals surface area (Å²) in [6.07, 6.45) is 1.34. The van der Waals surface area contributed by atoms with Gasteiger partial charge in [-0.15, -0.1) is 0 Å². The van der Waals surface area contributed by atoms with Crippen molar-refractivity contribution in [2.45, 2.75) is 19.4 Å². The van der Waals surface area contributed by atoms with E-state index in [-0.39, 0.29) is 11.5 Å². The van der Waals surface area contributed by atoms with E-state index < -0.39 is 11.0 Å². The highest BCUT2D eigenvalue weighted by Crippen LogP contribution is 2.28. The van der Waals surface area contributed by atoms with E-state index in [0.29, 0.717) is 32.0 Å². The summed E-state index contributed by atoms with van der Waals surface area (Å²) in [6.45, 7) is 3.46. The minimum absolute atomic E-state index is 0.134. The highest BCUT2D eigenvalue weighted by atomic mass is 16.6. The molecule has 0 bridgehead atoms. The van der Waals surface area contributed by atoms with Gasteiger partial charge in [-0.25, -0.2) is 4.98 Å². The largest absolute Gasteiger partial charge is 0.391 e. The summed E-state index contributed by atoms with van der Waals surface area (Å²) in [5, 5.41) is 23.4. The summed E-state index contributed by atoms with van der Waals surface area (Å²) in [5.74, 6) is 0.627. The van der Waals surface area contributed by atoms with Crippen LogP contribution in [0.25, 0.3) is 0 Å². The zero-order valence-corrected chi connectivity index (χ0v) is 10.0. The lowest BCUT2D eigenvalue weighted by Crippen LogP contribution is -2.24. The molecule has 2 rings (SSSR count).